The SMILES string of the molecule is COC(Cc1c(Br)ccnc1C(N)=O)OC. The number of nitrogens with zero attached hydrogens (tertiary/aromatic N) is 1. The lowest BCUT2D eigenvalue weighted by Gasteiger charge is -2.15. The van der Waals surface area contributed by atoms with Crippen molar-refractivity contribution in [1.29, 1.82) is 0 Å². The Kier molecular flexibility index (Phi) is 4.85. The molecule has 1 heterocycles. The number of rotatable bonds is 5. The first-order valence-electron chi connectivity index (χ1n) is 4.59. The van der Waals surface area contributed by atoms with Crippen molar-refractivity contribution in [1.82, 2.24) is 4.98 Å². The number of methoxy groups -OCH3 is 2. The van der Waals surface area contributed by atoms with E-state index >= 15 is 0 Å². The van der Waals surface area contributed by atoms with Crippen LogP contribution in [0.25, 0.3) is 0 Å². The molecule has 0 saturated carbocycles. The highest BCUT2D eigenvalue weighted by Gasteiger charge is 2.17. The summed E-state index contributed by atoms with van der Waals surface area (Å²) in [6, 6.07) is 1.74. The zero-order valence-corrected chi connectivity index (χ0v) is 10.7. The number of pyridine rings is 1. The molecule has 1 rings (SSSR count). The molecule has 0 aliphatic heterocycles. The van der Waals surface area contributed by atoms with Gasteiger partial charge in [0.05, 0.1) is 0 Å². The van der Waals surface area contributed by atoms with Gasteiger partial charge < -0.3 is 15.2 Å². The molecule has 6 heteroatoms. The van der Waals surface area contributed by atoms with Crippen LogP contribution in [0.1, 0.15) is 16.1 Å². The Morgan fingerprint density at radius 1 is 1.56 bits per heavy atom. The number of hydrogen-bond donors (Lipinski definition) is 1. The van der Waals surface area contributed by atoms with Gasteiger partial charge >= 0.3 is 0 Å². The number of primary amides is 1. The van der Waals surface area contributed by atoms with Gasteiger partial charge in [-0.3, -0.25) is 9.78 Å². The maximum atomic E-state index is 11.2. The van der Waals surface area contributed by atoms with Gasteiger partial charge in [-0.05, 0) is 6.07 Å². The molecule has 1 aromatic heterocycles. The summed E-state index contributed by atoms with van der Waals surface area (Å²) in [6.07, 6.45) is 1.49. The Morgan fingerprint density at radius 2 is 2.19 bits per heavy atom. The first-order valence-corrected chi connectivity index (χ1v) is 5.38. The zero-order chi connectivity index (χ0) is 12.1. The molecule has 0 radical (unpaired) electrons. The summed E-state index contributed by atoms with van der Waals surface area (Å²) in [5.41, 5.74) is 6.15. The molecule has 16 heavy (non-hydrogen) atoms. The fourth-order valence-corrected chi connectivity index (χ4v) is 1.77. The second kappa shape index (κ2) is 5.93. The molecular formula is C10H13BrN2O3. The highest BCUT2D eigenvalue weighted by Crippen LogP contribution is 2.21. The van der Waals surface area contributed by atoms with Crippen molar-refractivity contribution < 1.29 is 14.3 Å². The largest absolute Gasteiger partial charge is 0.364 e. The number of hydrogen-bond acceptors (Lipinski definition) is 4. The standard InChI is InChI=1S/C10H13BrN2O3/c1-15-8(16-2)5-6-7(11)3-4-13-9(6)10(12)14/h3-4,8H,5H2,1-2H3,(H2,12,14). The number of aromatic nitrogens is 1. The smallest absolute Gasteiger partial charge is 0.267 e. The third-order valence-electron chi connectivity index (χ3n) is 2.13. The van der Waals surface area contributed by atoms with Crippen LogP contribution >= 0.6 is 15.9 Å². The van der Waals surface area contributed by atoms with E-state index in [1.165, 1.54) is 20.4 Å². The van der Waals surface area contributed by atoms with Crippen molar-refractivity contribution in [3.63, 3.8) is 0 Å². The molecule has 0 bridgehead atoms. The average molecular weight is 289 g/mol. The van der Waals surface area contributed by atoms with Gasteiger partial charge in [0.25, 0.3) is 5.91 Å². The highest BCUT2D eigenvalue weighted by atomic mass is 79.9. The van der Waals surface area contributed by atoms with Crippen LogP contribution in [0, 0.1) is 0 Å². The fraction of sp³-hybridized carbons (Fsp3) is 0.400. The number of carbonyl (C=O) groups excluding carboxylic acids is 1. The van der Waals surface area contributed by atoms with Crippen LogP contribution in [-0.4, -0.2) is 31.4 Å². The third kappa shape index (κ3) is 3.01. The Bertz CT molecular complexity index is 380. The number of halogens is 1. The Balaban J connectivity index is 3.05. The molecule has 0 aromatic carbocycles. The van der Waals surface area contributed by atoms with Crippen LogP contribution in [0.15, 0.2) is 16.7 Å². The molecule has 5 nitrogen and oxygen atoms in total. The minimum atomic E-state index is -0.567. The molecule has 0 saturated heterocycles. The summed E-state index contributed by atoms with van der Waals surface area (Å²) >= 11 is 3.34. The van der Waals surface area contributed by atoms with Gasteiger partial charge in [0.1, 0.15) is 5.69 Å². The van der Waals surface area contributed by atoms with Gasteiger partial charge in [-0.1, -0.05) is 15.9 Å². The molecule has 88 valence electrons. The first-order chi connectivity index (χ1) is 7.60. The summed E-state index contributed by atoms with van der Waals surface area (Å²) in [5.74, 6) is -0.567. The van der Waals surface area contributed by atoms with Gasteiger partial charge in [0, 0.05) is 36.9 Å². The molecule has 2 N–H and O–H groups in total. The monoisotopic (exact) mass is 288 g/mol. The van der Waals surface area contributed by atoms with E-state index < -0.39 is 12.2 Å². The Hall–Kier alpha value is -0.980. The summed E-state index contributed by atoms with van der Waals surface area (Å²) in [5, 5.41) is 0. The van der Waals surface area contributed by atoms with E-state index in [0.717, 1.165) is 4.47 Å². The molecule has 0 aliphatic carbocycles. The van der Waals surface area contributed by atoms with Crippen LogP contribution in [-0.2, 0) is 15.9 Å². The van der Waals surface area contributed by atoms with Crippen LogP contribution in [0.2, 0.25) is 0 Å². The van der Waals surface area contributed by atoms with E-state index in [9.17, 15) is 4.79 Å². The summed E-state index contributed by atoms with van der Waals surface area (Å²) in [4.78, 5) is 15.1. The lowest BCUT2D eigenvalue weighted by atomic mass is 10.1. The summed E-state index contributed by atoms with van der Waals surface area (Å²) in [6.45, 7) is 0. The normalized spacial score (nSPS) is 10.8. The topological polar surface area (TPSA) is 74.4 Å². The molecule has 0 fully saturated rings. The minimum absolute atomic E-state index is 0.230. The second-order valence-electron chi connectivity index (χ2n) is 3.09. The number of amides is 1. The fourth-order valence-electron chi connectivity index (χ4n) is 1.30. The molecule has 1 amide bonds. The van der Waals surface area contributed by atoms with Gasteiger partial charge in [0.2, 0.25) is 0 Å². The predicted molar refractivity (Wildman–Crippen MR) is 62.0 cm³/mol. The van der Waals surface area contributed by atoms with E-state index in [-0.39, 0.29) is 5.69 Å². The van der Waals surface area contributed by atoms with E-state index in [1.54, 1.807) is 6.07 Å². The van der Waals surface area contributed by atoms with E-state index in [0.29, 0.717) is 12.0 Å². The first kappa shape index (κ1) is 13.1. The van der Waals surface area contributed by atoms with Gasteiger partial charge in [-0.2, -0.15) is 0 Å². The molecule has 0 atom stereocenters. The van der Waals surface area contributed by atoms with E-state index in [4.69, 9.17) is 15.2 Å². The maximum Gasteiger partial charge on any atom is 0.267 e. The van der Waals surface area contributed by atoms with Crippen LogP contribution in [0.5, 0.6) is 0 Å². The van der Waals surface area contributed by atoms with Crippen LogP contribution < -0.4 is 5.73 Å². The summed E-state index contributed by atoms with van der Waals surface area (Å²) < 4.78 is 10.9. The minimum Gasteiger partial charge on any atom is -0.364 e. The maximum absolute atomic E-state index is 11.2. The van der Waals surface area contributed by atoms with Crippen molar-refractivity contribution in [2.75, 3.05) is 14.2 Å². The van der Waals surface area contributed by atoms with Gasteiger partial charge in [0.15, 0.2) is 6.29 Å². The Labute approximate surface area is 102 Å². The number of nitrogens with two attached hydrogens (primary N) is 1. The quantitative estimate of drug-likeness (QED) is 0.824. The molecule has 0 unspecified atom stereocenters. The lowest BCUT2D eigenvalue weighted by molar-refractivity contribution is -0.100. The second-order valence-corrected chi connectivity index (χ2v) is 3.94. The van der Waals surface area contributed by atoms with Gasteiger partial charge in [-0.25, -0.2) is 0 Å². The van der Waals surface area contributed by atoms with Crippen LogP contribution in [0.3, 0.4) is 0 Å². The molecule has 1 aromatic rings. The van der Waals surface area contributed by atoms with Gasteiger partial charge in [-0.15, -0.1) is 0 Å². The van der Waals surface area contributed by atoms with Crippen LogP contribution in [0.4, 0.5) is 0 Å². The van der Waals surface area contributed by atoms with E-state index in [1.807, 2.05) is 0 Å². The molecular weight excluding hydrogens is 276 g/mol. The highest BCUT2D eigenvalue weighted by molar-refractivity contribution is 9.10. The van der Waals surface area contributed by atoms with Crippen molar-refractivity contribution in [2.24, 2.45) is 5.73 Å². The number of carbonyl (C=O) groups is 1. The number of ether oxygens (including phenoxy) is 2. The lowest BCUT2D eigenvalue weighted by Crippen LogP contribution is -2.22. The molecule has 0 aliphatic rings. The summed E-state index contributed by atoms with van der Waals surface area (Å²) in [7, 11) is 3.06. The molecule has 0 spiro atoms. The third-order valence-corrected chi connectivity index (χ3v) is 2.87. The average Bonchev–Trinajstić information content (AvgIpc) is 2.27. The Morgan fingerprint density at radius 3 is 2.69 bits per heavy atom. The van der Waals surface area contributed by atoms with Crippen molar-refractivity contribution in [3.05, 3.63) is 28.0 Å². The predicted octanol–water partition coefficient (Wildman–Crippen LogP) is 1.10. The van der Waals surface area contributed by atoms with Crippen molar-refractivity contribution >= 4 is 21.8 Å². The zero-order valence-electron chi connectivity index (χ0n) is 9.07. The van der Waals surface area contributed by atoms with Crippen molar-refractivity contribution in [2.45, 2.75) is 12.7 Å². The van der Waals surface area contributed by atoms with E-state index in [2.05, 4.69) is 20.9 Å². The van der Waals surface area contributed by atoms with Crippen molar-refractivity contribution in [3.8, 4) is 0 Å².